The average molecular weight is 325 g/mol. The summed E-state index contributed by atoms with van der Waals surface area (Å²) in [5.74, 6) is -2.10. The second-order valence-corrected chi connectivity index (χ2v) is 5.21. The van der Waals surface area contributed by atoms with Crippen LogP contribution in [0.5, 0.6) is 0 Å². The molecule has 0 amide bonds. The Morgan fingerprint density at radius 1 is 0.810 bits per heavy atom. The third kappa shape index (κ3) is 3.54. The van der Waals surface area contributed by atoms with Crippen molar-refractivity contribution < 1.29 is 19.8 Å². The molecular weight excluding hydrogens is 315 g/mol. The maximum atomic E-state index is 10.8. The molecule has 2 aromatic carbocycles. The highest BCUT2D eigenvalue weighted by molar-refractivity contribution is 6.32. The number of hydrogen-bond donors (Lipinski definition) is 2. The maximum Gasteiger partial charge on any atom is 0.335 e. The van der Waals surface area contributed by atoms with Gasteiger partial charge in [-0.05, 0) is 35.4 Å². The maximum absolute atomic E-state index is 10.8. The van der Waals surface area contributed by atoms with Crippen LogP contribution < -0.4 is 0 Å². The lowest BCUT2D eigenvalue weighted by Crippen LogP contribution is -2.00. The Balaban J connectivity index is 2.30. The van der Waals surface area contributed by atoms with Gasteiger partial charge in [0.1, 0.15) is 0 Å². The van der Waals surface area contributed by atoms with Crippen molar-refractivity contribution in [2.24, 2.45) is 0 Å². The van der Waals surface area contributed by atoms with Crippen molar-refractivity contribution in [2.75, 3.05) is 0 Å². The minimum Gasteiger partial charge on any atom is -0.478 e. The summed E-state index contributed by atoms with van der Waals surface area (Å²) in [4.78, 5) is 21.7. The number of carboxylic acid groups (broad SMARTS) is 2. The molecule has 2 rings (SSSR count). The van der Waals surface area contributed by atoms with E-state index in [-0.39, 0.29) is 11.1 Å². The van der Waals surface area contributed by atoms with E-state index in [0.29, 0.717) is 27.6 Å². The number of halogens is 2. The van der Waals surface area contributed by atoms with Crippen LogP contribution in [-0.2, 0) is 6.42 Å². The highest BCUT2D eigenvalue weighted by Gasteiger charge is 2.11. The summed E-state index contributed by atoms with van der Waals surface area (Å²) in [5, 5.41) is 18.4. The molecule has 6 heteroatoms. The molecule has 108 valence electrons. The molecule has 0 radical (unpaired) electrons. The molecule has 4 nitrogen and oxygen atoms in total. The summed E-state index contributed by atoms with van der Waals surface area (Å²) in [6.45, 7) is 0. The lowest BCUT2D eigenvalue weighted by molar-refractivity contribution is 0.0686. The molecule has 0 aliphatic heterocycles. The van der Waals surface area contributed by atoms with Gasteiger partial charge in [0.15, 0.2) is 0 Å². The third-order valence-corrected chi connectivity index (χ3v) is 3.68. The summed E-state index contributed by atoms with van der Waals surface area (Å²) >= 11 is 12.1. The molecular formula is C15H10Cl2O4. The Bertz CT molecular complexity index is 664. The first-order valence-corrected chi connectivity index (χ1v) is 6.67. The standard InChI is InChI=1S/C15H10Cl2O4/c16-12-6-10(14(18)19)3-1-8(12)5-9-2-4-11(15(20)21)7-13(9)17/h1-4,6-7H,5H2,(H,18,19)(H,20,21). The Morgan fingerprint density at radius 3 is 1.48 bits per heavy atom. The van der Waals surface area contributed by atoms with Gasteiger partial charge in [-0.25, -0.2) is 9.59 Å². The van der Waals surface area contributed by atoms with E-state index in [0.717, 1.165) is 0 Å². The molecule has 0 bridgehead atoms. The average Bonchev–Trinajstić information content (AvgIpc) is 2.42. The van der Waals surface area contributed by atoms with E-state index >= 15 is 0 Å². The monoisotopic (exact) mass is 324 g/mol. The van der Waals surface area contributed by atoms with E-state index in [4.69, 9.17) is 33.4 Å². The van der Waals surface area contributed by atoms with Gasteiger partial charge in [0.25, 0.3) is 0 Å². The van der Waals surface area contributed by atoms with Gasteiger partial charge in [0.05, 0.1) is 11.1 Å². The lowest BCUT2D eigenvalue weighted by Gasteiger charge is -2.08. The van der Waals surface area contributed by atoms with Crippen LogP contribution in [0.3, 0.4) is 0 Å². The van der Waals surface area contributed by atoms with Crippen molar-refractivity contribution >= 4 is 35.1 Å². The zero-order chi connectivity index (χ0) is 15.6. The fourth-order valence-electron chi connectivity index (χ4n) is 1.85. The normalized spacial score (nSPS) is 10.4. The topological polar surface area (TPSA) is 74.6 Å². The molecule has 21 heavy (non-hydrogen) atoms. The van der Waals surface area contributed by atoms with Gasteiger partial charge >= 0.3 is 11.9 Å². The van der Waals surface area contributed by atoms with Crippen LogP contribution in [0.1, 0.15) is 31.8 Å². The first kappa shape index (κ1) is 15.4. The zero-order valence-corrected chi connectivity index (χ0v) is 12.1. The third-order valence-electron chi connectivity index (χ3n) is 2.98. The minimum atomic E-state index is -1.05. The van der Waals surface area contributed by atoms with Gasteiger partial charge in [-0.15, -0.1) is 0 Å². The lowest BCUT2D eigenvalue weighted by atomic mass is 10.0. The summed E-state index contributed by atoms with van der Waals surface area (Å²) in [5.41, 5.74) is 1.64. The van der Waals surface area contributed by atoms with E-state index in [1.807, 2.05) is 0 Å². The number of aromatic carboxylic acids is 2. The van der Waals surface area contributed by atoms with Crippen molar-refractivity contribution in [1.29, 1.82) is 0 Å². The molecule has 0 fully saturated rings. The van der Waals surface area contributed by atoms with Crippen molar-refractivity contribution in [1.82, 2.24) is 0 Å². The second kappa shape index (κ2) is 6.16. The molecule has 0 aliphatic rings. The van der Waals surface area contributed by atoms with Crippen LogP contribution in [0.2, 0.25) is 10.0 Å². The predicted molar refractivity (Wildman–Crippen MR) is 79.6 cm³/mol. The molecule has 0 aromatic heterocycles. The number of rotatable bonds is 4. The first-order chi connectivity index (χ1) is 9.88. The van der Waals surface area contributed by atoms with Gasteiger partial charge in [0, 0.05) is 16.5 Å². The number of hydrogen-bond acceptors (Lipinski definition) is 2. The van der Waals surface area contributed by atoms with E-state index in [1.165, 1.54) is 24.3 Å². The Labute approximate surface area is 130 Å². The molecule has 0 saturated carbocycles. The predicted octanol–water partition coefficient (Wildman–Crippen LogP) is 3.98. The summed E-state index contributed by atoms with van der Waals surface area (Å²) in [6, 6.07) is 8.91. The molecule has 2 aromatic rings. The highest BCUT2D eigenvalue weighted by atomic mass is 35.5. The Kier molecular flexibility index (Phi) is 4.50. The Hall–Kier alpha value is -2.04. The van der Waals surface area contributed by atoms with Crippen LogP contribution in [0.15, 0.2) is 36.4 Å². The summed E-state index contributed by atoms with van der Waals surface area (Å²) in [6.07, 6.45) is 0.386. The van der Waals surface area contributed by atoms with E-state index in [1.54, 1.807) is 12.1 Å². The molecule has 0 heterocycles. The van der Waals surface area contributed by atoms with Crippen LogP contribution in [0.25, 0.3) is 0 Å². The SMILES string of the molecule is O=C(O)c1ccc(Cc2ccc(C(=O)O)cc2Cl)c(Cl)c1. The van der Waals surface area contributed by atoms with E-state index in [9.17, 15) is 9.59 Å². The molecule has 0 atom stereocenters. The van der Waals surface area contributed by atoms with Crippen molar-refractivity contribution in [2.45, 2.75) is 6.42 Å². The molecule has 0 aliphatic carbocycles. The van der Waals surface area contributed by atoms with Crippen LogP contribution in [0, 0.1) is 0 Å². The highest BCUT2D eigenvalue weighted by Crippen LogP contribution is 2.25. The van der Waals surface area contributed by atoms with Crippen LogP contribution >= 0.6 is 23.2 Å². The minimum absolute atomic E-state index is 0.107. The van der Waals surface area contributed by atoms with Crippen molar-refractivity contribution in [3.8, 4) is 0 Å². The molecule has 0 saturated heterocycles. The van der Waals surface area contributed by atoms with Gasteiger partial charge in [-0.1, -0.05) is 35.3 Å². The van der Waals surface area contributed by atoms with E-state index < -0.39 is 11.9 Å². The fourth-order valence-corrected chi connectivity index (χ4v) is 2.35. The van der Waals surface area contributed by atoms with Crippen molar-refractivity contribution in [3.63, 3.8) is 0 Å². The summed E-state index contributed by atoms with van der Waals surface area (Å²) < 4.78 is 0. The number of benzene rings is 2. The van der Waals surface area contributed by atoms with Crippen LogP contribution in [-0.4, -0.2) is 22.2 Å². The number of carbonyl (C=O) groups is 2. The molecule has 0 spiro atoms. The number of carboxylic acids is 2. The fraction of sp³-hybridized carbons (Fsp3) is 0.0667. The zero-order valence-electron chi connectivity index (χ0n) is 10.6. The smallest absolute Gasteiger partial charge is 0.335 e. The largest absolute Gasteiger partial charge is 0.478 e. The molecule has 2 N–H and O–H groups in total. The van der Waals surface area contributed by atoms with Gasteiger partial charge < -0.3 is 10.2 Å². The molecule has 0 unspecified atom stereocenters. The van der Waals surface area contributed by atoms with Gasteiger partial charge in [0.2, 0.25) is 0 Å². The second-order valence-electron chi connectivity index (χ2n) is 4.40. The van der Waals surface area contributed by atoms with Crippen molar-refractivity contribution in [3.05, 3.63) is 68.7 Å². The summed E-state index contributed by atoms with van der Waals surface area (Å²) in [7, 11) is 0. The Morgan fingerprint density at radius 2 is 1.19 bits per heavy atom. The van der Waals surface area contributed by atoms with E-state index in [2.05, 4.69) is 0 Å². The van der Waals surface area contributed by atoms with Gasteiger partial charge in [-0.3, -0.25) is 0 Å². The first-order valence-electron chi connectivity index (χ1n) is 5.92. The van der Waals surface area contributed by atoms with Crippen LogP contribution in [0.4, 0.5) is 0 Å². The quantitative estimate of drug-likeness (QED) is 0.891. The van der Waals surface area contributed by atoms with Gasteiger partial charge in [-0.2, -0.15) is 0 Å².